The number of carbonyl (C=O) groups is 3. The highest BCUT2D eigenvalue weighted by Gasteiger charge is 2.52. The molecule has 1 fully saturated rings. The van der Waals surface area contributed by atoms with Crippen molar-refractivity contribution >= 4 is 45.1 Å². The Hall–Kier alpha value is -4.57. The van der Waals surface area contributed by atoms with E-state index in [-0.39, 0.29) is 16.9 Å². The molecule has 4 rings (SSSR count). The number of rotatable bonds is 6. The Bertz CT molecular complexity index is 1690. The maximum Gasteiger partial charge on any atom is 0.419 e. The molecule has 0 aliphatic carbocycles. The fourth-order valence-electron chi connectivity index (χ4n) is 4.17. The van der Waals surface area contributed by atoms with Crippen molar-refractivity contribution in [3.63, 3.8) is 0 Å². The minimum absolute atomic E-state index is 0.104. The molecule has 1 heterocycles. The van der Waals surface area contributed by atoms with Crippen LogP contribution in [0.25, 0.3) is 0 Å². The first-order valence-corrected chi connectivity index (χ1v) is 13.3. The number of carbonyl (C=O) groups excluding carboxylic acids is 3. The molecular formula is C26H21F5N4O6S. The van der Waals surface area contributed by atoms with Crippen LogP contribution in [0.15, 0.2) is 65.6 Å². The van der Waals surface area contributed by atoms with Crippen LogP contribution in [0.4, 0.5) is 48.6 Å². The summed E-state index contributed by atoms with van der Waals surface area (Å²) in [6.07, 6.45) is -5.09. The summed E-state index contributed by atoms with van der Waals surface area (Å²) in [6, 6.07) is 7.35. The summed E-state index contributed by atoms with van der Waals surface area (Å²) in [5.74, 6) is -3.27. The van der Waals surface area contributed by atoms with E-state index in [1.165, 1.54) is 32.0 Å². The largest absolute Gasteiger partial charge is 0.419 e. The lowest BCUT2D eigenvalue weighted by Gasteiger charge is -2.28. The number of amides is 5. The average molecular weight is 613 g/mol. The molecule has 0 bridgehead atoms. The highest BCUT2D eigenvalue weighted by molar-refractivity contribution is 7.85. The molecule has 5 amide bonds. The molecule has 0 radical (unpaired) electrons. The normalized spacial score (nSPS) is 15.2. The van der Waals surface area contributed by atoms with Crippen LogP contribution in [-0.4, -0.2) is 41.4 Å². The highest BCUT2D eigenvalue weighted by Crippen LogP contribution is 2.38. The molecule has 1 saturated heterocycles. The Kier molecular flexibility index (Phi) is 7.73. The van der Waals surface area contributed by atoms with E-state index in [1.54, 1.807) is 0 Å². The van der Waals surface area contributed by atoms with Crippen molar-refractivity contribution in [1.29, 1.82) is 0 Å². The summed E-state index contributed by atoms with van der Waals surface area (Å²) in [5, 5.41) is 4.76. The maximum absolute atomic E-state index is 14.1. The number of halogens is 5. The van der Waals surface area contributed by atoms with Crippen LogP contribution in [-0.2, 0) is 27.6 Å². The number of anilines is 3. The van der Waals surface area contributed by atoms with Gasteiger partial charge in [0.15, 0.2) is 0 Å². The first kappa shape index (κ1) is 30.4. The van der Waals surface area contributed by atoms with Gasteiger partial charge < -0.3 is 15.5 Å². The van der Waals surface area contributed by atoms with Crippen molar-refractivity contribution < 1.29 is 49.3 Å². The van der Waals surface area contributed by atoms with Gasteiger partial charge in [0, 0.05) is 5.69 Å². The van der Waals surface area contributed by atoms with Crippen molar-refractivity contribution in [3.05, 3.63) is 83.4 Å². The SMILES string of the molecule is CC1(C)C(=O)N(c2ccc(F)c(C(F)(F)F)c2)C(=O)N1Cc1ccc(F)cc1NC(=O)Nc1ccc(S(=O)(=O)O)cc1. The van der Waals surface area contributed by atoms with E-state index in [0.29, 0.717) is 17.0 Å². The Morgan fingerprint density at radius 2 is 1.60 bits per heavy atom. The van der Waals surface area contributed by atoms with Crippen molar-refractivity contribution in [3.8, 4) is 0 Å². The second-order valence-electron chi connectivity index (χ2n) is 9.61. The van der Waals surface area contributed by atoms with Crippen LogP contribution in [0, 0.1) is 11.6 Å². The summed E-state index contributed by atoms with van der Waals surface area (Å²) < 4.78 is 99.2. The first-order valence-electron chi connectivity index (χ1n) is 11.9. The lowest BCUT2D eigenvalue weighted by molar-refractivity contribution is -0.140. The average Bonchev–Trinajstić information content (AvgIpc) is 3.04. The van der Waals surface area contributed by atoms with Gasteiger partial charge in [-0.1, -0.05) is 6.07 Å². The number of imide groups is 1. The summed E-state index contributed by atoms with van der Waals surface area (Å²) in [6.45, 7) is 2.27. The Labute approximate surface area is 235 Å². The third kappa shape index (κ3) is 6.03. The van der Waals surface area contributed by atoms with E-state index >= 15 is 0 Å². The molecule has 1 aliphatic heterocycles. The number of hydrogen-bond donors (Lipinski definition) is 3. The van der Waals surface area contributed by atoms with Gasteiger partial charge in [0.1, 0.15) is 17.2 Å². The number of hydrogen-bond acceptors (Lipinski definition) is 5. The fraction of sp³-hybridized carbons (Fsp3) is 0.192. The second kappa shape index (κ2) is 10.7. The predicted octanol–water partition coefficient (Wildman–Crippen LogP) is 5.62. The van der Waals surface area contributed by atoms with Gasteiger partial charge in [0.05, 0.1) is 28.4 Å². The number of nitrogens with one attached hydrogen (secondary N) is 2. The van der Waals surface area contributed by atoms with E-state index < -0.39 is 74.1 Å². The van der Waals surface area contributed by atoms with Crippen molar-refractivity contribution in [2.75, 3.05) is 15.5 Å². The number of alkyl halides is 3. The zero-order chi connectivity index (χ0) is 31.2. The van der Waals surface area contributed by atoms with Gasteiger partial charge in [-0.05, 0) is 74.0 Å². The van der Waals surface area contributed by atoms with Gasteiger partial charge in [0.25, 0.3) is 16.0 Å². The molecule has 16 heteroatoms. The number of nitrogens with zero attached hydrogens (tertiary/aromatic N) is 2. The van der Waals surface area contributed by atoms with Crippen LogP contribution >= 0.6 is 0 Å². The second-order valence-corrected chi connectivity index (χ2v) is 11.0. The van der Waals surface area contributed by atoms with Gasteiger partial charge in [0.2, 0.25) is 0 Å². The van der Waals surface area contributed by atoms with Crippen LogP contribution in [0.5, 0.6) is 0 Å². The summed E-state index contributed by atoms with van der Waals surface area (Å²) in [5.41, 5.74) is -3.68. The zero-order valence-electron chi connectivity index (χ0n) is 21.7. The summed E-state index contributed by atoms with van der Waals surface area (Å²) in [4.78, 5) is 40.2. The Morgan fingerprint density at radius 3 is 2.19 bits per heavy atom. The molecule has 0 saturated carbocycles. The lowest BCUT2D eigenvalue weighted by atomic mass is 10.0. The van der Waals surface area contributed by atoms with Gasteiger partial charge >= 0.3 is 18.2 Å². The highest BCUT2D eigenvalue weighted by atomic mass is 32.2. The number of benzene rings is 3. The monoisotopic (exact) mass is 612 g/mol. The molecule has 3 aromatic rings. The predicted molar refractivity (Wildman–Crippen MR) is 139 cm³/mol. The summed E-state index contributed by atoms with van der Waals surface area (Å²) in [7, 11) is -4.47. The van der Waals surface area contributed by atoms with Gasteiger partial charge in [-0.25, -0.2) is 23.3 Å². The molecule has 0 unspecified atom stereocenters. The summed E-state index contributed by atoms with van der Waals surface area (Å²) >= 11 is 0. The van der Waals surface area contributed by atoms with Gasteiger partial charge in [-0.3, -0.25) is 9.35 Å². The smallest absolute Gasteiger partial charge is 0.308 e. The molecule has 1 aliphatic rings. The van der Waals surface area contributed by atoms with Crippen LogP contribution in [0.3, 0.4) is 0 Å². The van der Waals surface area contributed by atoms with Crippen LogP contribution < -0.4 is 15.5 Å². The molecule has 0 aromatic heterocycles. The molecule has 0 spiro atoms. The van der Waals surface area contributed by atoms with Crippen molar-refractivity contribution in [1.82, 2.24) is 4.90 Å². The zero-order valence-corrected chi connectivity index (χ0v) is 22.5. The van der Waals surface area contributed by atoms with Gasteiger partial charge in [-0.2, -0.15) is 21.6 Å². The Balaban J connectivity index is 1.59. The molecular weight excluding hydrogens is 591 g/mol. The molecule has 222 valence electrons. The molecule has 42 heavy (non-hydrogen) atoms. The van der Waals surface area contributed by atoms with E-state index in [9.17, 15) is 44.8 Å². The quantitative estimate of drug-likeness (QED) is 0.188. The van der Waals surface area contributed by atoms with Crippen molar-refractivity contribution in [2.24, 2.45) is 0 Å². The standard InChI is InChI=1S/C26H21F5N4O6S/c1-25(2)22(36)35(17-7-10-20(28)19(12-17)26(29,30)31)24(38)34(25)13-14-3-4-15(27)11-21(14)33-23(37)32-16-5-8-18(9-6-16)42(39,40)41/h3-12H,13H2,1-2H3,(H2,32,33,37)(H,39,40,41). The van der Waals surface area contributed by atoms with E-state index in [1.807, 2.05) is 0 Å². The molecule has 10 nitrogen and oxygen atoms in total. The molecule has 3 aromatic carbocycles. The maximum atomic E-state index is 14.1. The van der Waals surface area contributed by atoms with E-state index in [0.717, 1.165) is 35.2 Å². The molecule has 0 atom stereocenters. The third-order valence-electron chi connectivity index (χ3n) is 6.40. The topological polar surface area (TPSA) is 136 Å². The minimum atomic E-state index is -5.09. The van der Waals surface area contributed by atoms with Gasteiger partial charge in [-0.15, -0.1) is 0 Å². The number of urea groups is 2. The third-order valence-corrected chi connectivity index (χ3v) is 7.26. The van der Waals surface area contributed by atoms with Crippen molar-refractivity contribution in [2.45, 2.75) is 37.0 Å². The first-order chi connectivity index (χ1) is 19.4. The van der Waals surface area contributed by atoms with Crippen LogP contribution in [0.2, 0.25) is 0 Å². The minimum Gasteiger partial charge on any atom is -0.308 e. The van der Waals surface area contributed by atoms with E-state index in [4.69, 9.17) is 4.55 Å². The fourth-order valence-corrected chi connectivity index (χ4v) is 4.65. The Morgan fingerprint density at radius 1 is 0.952 bits per heavy atom. The van der Waals surface area contributed by atoms with E-state index in [2.05, 4.69) is 10.6 Å². The lowest BCUT2D eigenvalue weighted by Crippen LogP contribution is -2.43. The van der Waals surface area contributed by atoms with Crippen LogP contribution in [0.1, 0.15) is 25.0 Å². The molecule has 3 N–H and O–H groups in total.